The standard InChI is InChI=1S/C10H11ClN2O3S/c1-13(2)7-12-17(15,16)10-5-8(6-14)3-4-9(10)11/h3-7H,1-2H3. The van der Waals surface area contributed by atoms with Crippen LogP contribution < -0.4 is 0 Å². The predicted molar refractivity (Wildman–Crippen MR) is 66.2 cm³/mol. The molecule has 0 spiro atoms. The van der Waals surface area contributed by atoms with Crippen molar-refractivity contribution in [2.75, 3.05) is 14.1 Å². The number of hydrogen-bond donors (Lipinski definition) is 0. The van der Waals surface area contributed by atoms with Gasteiger partial charge in [-0.1, -0.05) is 17.7 Å². The van der Waals surface area contributed by atoms with Crippen molar-refractivity contribution in [2.45, 2.75) is 4.90 Å². The van der Waals surface area contributed by atoms with E-state index >= 15 is 0 Å². The molecule has 0 aliphatic carbocycles. The number of hydrogen-bond acceptors (Lipinski definition) is 3. The molecule has 17 heavy (non-hydrogen) atoms. The first-order valence-electron chi connectivity index (χ1n) is 4.58. The van der Waals surface area contributed by atoms with Gasteiger partial charge < -0.3 is 4.90 Å². The summed E-state index contributed by atoms with van der Waals surface area (Å²) in [4.78, 5) is 11.9. The van der Waals surface area contributed by atoms with Crippen molar-refractivity contribution in [3.05, 3.63) is 28.8 Å². The van der Waals surface area contributed by atoms with E-state index < -0.39 is 10.0 Å². The molecule has 0 bridgehead atoms. The van der Waals surface area contributed by atoms with Crippen LogP contribution in [-0.2, 0) is 10.0 Å². The summed E-state index contributed by atoms with van der Waals surface area (Å²) >= 11 is 5.77. The summed E-state index contributed by atoms with van der Waals surface area (Å²) in [5, 5.41) is 0.0338. The van der Waals surface area contributed by atoms with Crippen LogP contribution in [0.1, 0.15) is 10.4 Å². The summed E-state index contributed by atoms with van der Waals surface area (Å²) < 4.78 is 27.0. The molecule has 0 aliphatic heterocycles. The van der Waals surface area contributed by atoms with E-state index in [0.29, 0.717) is 6.29 Å². The van der Waals surface area contributed by atoms with Crippen LogP contribution in [0.3, 0.4) is 0 Å². The fourth-order valence-electron chi connectivity index (χ4n) is 1.00. The third kappa shape index (κ3) is 3.54. The van der Waals surface area contributed by atoms with E-state index in [2.05, 4.69) is 4.40 Å². The van der Waals surface area contributed by atoms with Crippen LogP contribution in [0.5, 0.6) is 0 Å². The van der Waals surface area contributed by atoms with Gasteiger partial charge in [0.1, 0.15) is 17.5 Å². The Bertz CT molecular complexity index is 553. The number of aldehydes is 1. The van der Waals surface area contributed by atoms with Crippen molar-refractivity contribution in [1.29, 1.82) is 0 Å². The number of carbonyl (C=O) groups excluding carboxylic acids is 1. The van der Waals surface area contributed by atoms with Gasteiger partial charge in [-0.25, -0.2) is 0 Å². The van der Waals surface area contributed by atoms with E-state index in [1.807, 2.05) is 0 Å². The molecule has 0 saturated carbocycles. The third-order valence-corrected chi connectivity index (χ3v) is 3.49. The Labute approximate surface area is 105 Å². The summed E-state index contributed by atoms with van der Waals surface area (Å²) in [5.41, 5.74) is 0.230. The minimum atomic E-state index is -3.88. The molecular weight excluding hydrogens is 264 g/mol. The molecule has 0 aliphatic rings. The first-order chi connectivity index (χ1) is 7.86. The largest absolute Gasteiger partial charge is 0.368 e. The zero-order chi connectivity index (χ0) is 13.1. The number of halogens is 1. The van der Waals surface area contributed by atoms with Gasteiger partial charge in [0, 0.05) is 19.7 Å². The second kappa shape index (κ2) is 5.29. The molecule has 0 heterocycles. The second-order valence-electron chi connectivity index (χ2n) is 3.47. The summed E-state index contributed by atoms with van der Waals surface area (Å²) in [6.07, 6.45) is 1.70. The van der Waals surface area contributed by atoms with Gasteiger partial charge in [-0.2, -0.15) is 8.42 Å². The van der Waals surface area contributed by atoms with Gasteiger partial charge in [0.05, 0.1) is 5.02 Å². The van der Waals surface area contributed by atoms with Gasteiger partial charge in [0.2, 0.25) is 0 Å². The molecule has 0 unspecified atom stereocenters. The molecule has 0 aromatic heterocycles. The van der Waals surface area contributed by atoms with Crippen molar-refractivity contribution in [1.82, 2.24) is 4.90 Å². The van der Waals surface area contributed by atoms with Crippen LogP contribution in [0, 0.1) is 0 Å². The molecule has 0 saturated heterocycles. The molecule has 0 amide bonds. The first-order valence-corrected chi connectivity index (χ1v) is 6.40. The number of benzene rings is 1. The van der Waals surface area contributed by atoms with E-state index in [9.17, 15) is 13.2 Å². The van der Waals surface area contributed by atoms with Gasteiger partial charge in [-0.15, -0.1) is 4.40 Å². The highest BCUT2D eigenvalue weighted by Crippen LogP contribution is 2.23. The Hall–Kier alpha value is -1.40. The highest BCUT2D eigenvalue weighted by Gasteiger charge is 2.17. The minimum absolute atomic E-state index is 0.0338. The topological polar surface area (TPSA) is 66.8 Å². The fourth-order valence-corrected chi connectivity index (χ4v) is 2.44. The number of sulfonamides is 1. The van der Waals surface area contributed by atoms with Crippen molar-refractivity contribution >= 4 is 34.2 Å². The highest BCUT2D eigenvalue weighted by atomic mass is 35.5. The lowest BCUT2D eigenvalue weighted by molar-refractivity contribution is 0.112. The van der Waals surface area contributed by atoms with Crippen LogP contribution in [0.4, 0.5) is 0 Å². The third-order valence-electron chi connectivity index (χ3n) is 1.79. The molecule has 7 heteroatoms. The number of carbonyl (C=O) groups is 1. The van der Waals surface area contributed by atoms with Gasteiger partial charge in [0.25, 0.3) is 10.0 Å². The zero-order valence-corrected chi connectivity index (χ0v) is 10.9. The monoisotopic (exact) mass is 274 g/mol. The molecule has 0 atom stereocenters. The Balaban J connectivity index is 3.28. The van der Waals surface area contributed by atoms with Gasteiger partial charge in [0.15, 0.2) is 0 Å². The normalized spacial score (nSPS) is 11.7. The van der Waals surface area contributed by atoms with E-state index in [1.165, 1.54) is 23.1 Å². The maximum Gasteiger partial charge on any atom is 0.285 e. The molecule has 5 nitrogen and oxygen atoms in total. The van der Waals surface area contributed by atoms with E-state index in [0.717, 1.165) is 6.34 Å². The molecule has 0 N–H and O–H groups in total. The number of rotatable bonds is 4. The minimum Gasteiger partial charge on any atom is -0.368 e. The summed E-state index contributed by atoms with van der Waals surface area (Å²) in [6.45, 7) is 0. The first kappa shape index (κ1) is 13.7. The lowest BCUT2D eigenvalue weighted by atomic mass is 10.2. The van der Waals surface area contributed by atoms with Gasteiger partial charge in [-0.3, -0.25) is 4.79 Å². The summed E-state index contributed by atoms with van der Waals surface area (Å²) in [5.74, 6) is 0. The quantitative estimate of drug-likeness (QED) is 0.473. The summed E-state index contributed by atoms with van der Waals surface area (Å²) in [7, 11) is -0.599. The Morgan fingerprint density at radius 3 is 2.53 bits per heavy atom. The van der Waals surface area contributed by atoms with E-state index in [-0.39, 0.29) is 15.5 Å². The van der Waals surface area contributed by atoms with Gasteiger partial charge >= 0.3 is 0 Å². The van der Waals surface area contributed by atoms with Gasteiger partial charge in [-0.05, 0) is 12.1 Å². The smallest absolute Gasteiger partial charge is 0.285 e. The van der Waals surface area contributed by atoms with Crippen molar-refractivity contribution in [3.8, 4) is 0 Å². The predicted octanol–water partition coefficient (Wildman–Crippen LogP) is 1.43. The van der Waals surface area contributed by atoms with Crippen LogP contribution in [-0.4, -0.2) is 40.0 Å². The molecular formula is C10H11ClN2O3S. The SMILES string of the molecule is CN(C)C=NS(=O)(=O)c1cc(C=O)ccc1Cl. The number of nitrogens with zero attached hydrogens (tertiary/aromatic N) is 2. The van der Waals surface area contributed by atoms with Crippen molar-refractivity contribution < 1.29 is 13.2 Å². The Morgan fingerprint density at radius 1 is 1.35 bits per heavy atom. The maximum absolute atomic E-state index is 11.8. The Morgan fingerprint density at radius 2 is 2.00 bits per heavy atom. The maximum atomic E-state index is 11.8. The summed E-state index contributed by atoms with van der Waals surface area (Å²) in [6, 6.07) is 3.98. The highest BCUT2D eigenvalue weighted by molar-refractivity contribution is 7.90. The molecule has 1 aromatic carbocycles. The molecule has 0 radical (unpaired) electrons. The second-order valence-corrected chi connectivity index (χ2v) is 5.48. The van der Waals surface area contributed by atoms with E-state index in [4.69, 9.17) is 11.6 Å². The van der Waals surface area contributed by atoms with Crippen molar-refractivity contribution in [2.24, 2.45) is 4.40 Å². The fraction of sp³-hybridized carbons (Fsp3) is 0.200. The average Bonchev–Trinajstić information content (AvgIpc) is 2.27. The lowest BCUT2D eigenvalue weighted by Crippen LogP contribution is -2.10. The van der Waals surface area contributed by atoms with E-state index in [1.54, 1.807) is 14.1 Å². The van der Waals surface area contributed by atoms with Crippen LogP contribution in [0.25, 0.3) is 0 Å². The molecule has 1 rings (SSSR count). The average molecular weight is 275 g/mol. The lowest BCUT2D eigenvalue weighted by Gasteiger charge is -2.05. The Kier molecular flexibility index (Phi) is 4.25. The molecule has 1 aromatic rings. The van der Waals surface area contributed by atoms with Crippen LogP contribution >= 0.6 is 11.6 Å². The van der Waals surface area contributed by atoms with Crippen LogP contribution in [0.2, 0.25) is 5.02 Å². The zero-order valence-electron chi connectivity index (χ0n) is 9.29. The van der Waals surface area contributed by atoms with Crippen LogP contribution in [0.15, 0.2) is 27.5 Å². The molecule has 0 fully saturated rings. The molecule has 92 valence electrons. The van der Waals surface area contributed by atoms with Crippen molar-refractivity contribution in [3.63, 3.8) is 0 Å².